The maximum Gasteiger partial charge on any atom is 0.334 e. The fraction of sp³-hybridized carbons (Fsp3) is 0.471. The quantitative estimate of drug-likeness (QED) is 0.867. The van der Waals surface area contributed by atoms with Crippen LogP contribution in [0.3, 0.4) is 0 Å². The molecule has 2 amide bonds. The van der Waals surface area contributed by atoms with Gasteiger partial charge in [-0.1, -0.05) is 23.7 Å². The molecule has 0 unspecified atom stereocenters. The van der Waals surface area contributed by atoms with E-state index in [0.717, 1.165) is 5.56 Å². The zero-order chi connectivity index (χ0) is 18.1. The Hall–Kier alpha value is -2.12. The van der Waals surface area contributed by atoms with Crippen LogP contribution in [0.15, 0.2) is 24.3 Å². The molecule has 134 valence electrons. The summed E-state index contributed by atoms with van der Waals surface area (Å²) in [5.41, 5.74) is 0.794. The summed E-state index contributed by atoms with van der Waals surface area (Å²) in [6.07, 6.45) is -0.932. The van der Waals surface area contributed by atoms with E-state index in [0.29, 0.717) is 11.6 Å². The maximum atomic E-state index is 13.0. The van der Waals surface area contributed by atoms with Gasteiger partial charge in [0.2, 0.25) is 11.8 Å². The molecule has 0 aromatic heterocycles. The Balaban J connectivity index is 1.85. The summed E-state index contributed by atoms with van der Waals surface area (Å²) in [5, 5.41) is 9.64. The van der Waals surface area contributed by atoms with E-state index in [1.807, 2.05) is 6.07 Å². The van der Waals surface area contributed by atoms with Crippen LogP contribution in [0, 0.1) is 5.92 Å². The number of halogens is 1. The van der Waals surface area contributed by atoms with Crippen LogP contribution in [0.5, 0.6) is 0 Å². The van der Waals surface area contributed by atoms with E-state index < -0.39 is 24.0 Å². The summed E-state index contributed by atoms with van der Waals surface area (Å²) < 4.78 is 5.16. The summed E-state index contributed by atoms with van der Waals surface area (Å²) in [6, 6.07) is 6.69. The van der Waals surface area contributed by atoms with E-state index >= 15 is 0 Å². The smallest absolute Gasteiger partial charge is 0.334 e. The Labute approximate surface area is 150 Å². The van der Waals surface area contributed by atoms with Crippen LogP contribution in [-0.2, 0) is 19.1 Å². The number of nitrogens with zero attached hydrogens (tertiary/aromatic N) is 2. The second-order valence-electron chi connectivity index (χ2n) is 6.30. The third kappa shape index (κ3) is 3.48. The van der Waals surface area contributed by atoms with Gasteiger partial charge in [-0.2, -0.15) is 0 Å². The standard InChI is InChI=1S/C17H19ClN2O5/c1-19-14(21)8-12(15(19)10-3-2-4-11(18)7-10)16(22)20-5-6-25-13(9-20)17(23)24/h2-4,7,12-13,15H,5-6,8-9H2,1H3,(H,23,24)/t12-,13+,15-/m0/s1. The molecule has 2 fully saturated rings. The highest BCUT2D eigenvalue weighted by molar-refractivity contribution is 6.30. The Bertz CT molecular complexity index is 710. The zero-order valence-corrected chi connectivity index (χ0v) is 14.5. The van der Waals surface area contributed by atoms with Crippen molar-refractivity contribution >= 4 is 29.4 Å². The van der Waals surface area contributed by atoms with E-state index in [-0.39, 0.29) is 31.4 Å². The summed E-state index contributed by atoms with van der Waals surface area (Å²) in [7, 11) is 1.67. The first-order valence-corrected chi connectivity index (χ1v) is 8.40. The number of likely N-dealkylation sites (tertiary alicyclic amines) is 1. The van der Waals surface area contributed by atoms with E-state index in [1.54, 1.807) is 30.1 Å². The van der Waals surface area contributed by atoms with Crippen molar-refractivity contribution in [2.45, 2.75) is 18.6 Å². The van der Waals surface area contributed by atoms with Crippen molar-refractivity contribution in [3.05, 3.63) is 34.9 Å². The minimum atomic E-state index is -1.09. The fourth-order valence-electron chi connectivity index (χ4n) is 3.47. The molecule has 0 radical (unpaired) electrons. The van der Waals surface area contributed by atoms with Gasteiger partial charge < -0.3 is 19.6 Å². The maximum absolute atomic E-state index is 13.0. The molecule has 0 spiro atoms. The van der Waals surface area contributed by atoms with Crippen LogP contribution >= 0.6 is 11.6 Å². The Morgan fingerprint density at radius 3 is 2.80 bits per heavy atom. The van der Waals surface area contributed by atoms with Crippen molar-refractivity contribution < 1.29 is 24.2 Å². The summed E-state index contributed by atoms with van der Waals surface area (Å²) in [5.74, 6) is -2.00. The van der Waals surface area contributed by atoms with Gasteiger partial charge in [0.25, 0.3) is 0 Å². The lowest BCUT2D eigenvalue weighted by atomic mass is 9.92. The molecule has 2 heterocycles. The van der Waals surface area contributed by atoms with Gasteiger partial charge >= 0.3 is 5.97 Å². The number of rotatable bonds is 3. The van der Waals surface area contributed by atoms with E-state index in [4.69, 9.17) is 21.4 Å². The van der Waals surface area contributed by atoms with Gasteiger partial charge in [-0.15, -0.1) is 0 Å². The SMILES string of the molecule is CN1C(=O)C[C@H](C(=O)N2CCO[C@@H](C(=O)O)C2)[C@@H]1c1cccc(Cl)c1. The Morgan fingerprint density at radius 1 is 1.36 bits per heavy atom. The van der Waals surface area contributed by atoms with Crippen molar-refractivity contribution in [3.8, 4) is 0 Å². The number of hydrogen-bond acceptors (Lipinski definition) is 4. The first-order chi connectivity index (χ1) is 11.9. The number of amides is 2. The molecule has 2 aliphatic heterocycles. The van der Waals surface area contributed by atoms with Gasteiger partial charge in [-0.25, -0.2) is 4.79 Å². The van der Waals surface area contributed by atoms with Crippen molar-refractivity contribution in [2.75, 3.05) is 26.7 Å². The lowest BCUT2D eigenvalue weighted by molar-refractivity contribution is -0.160. The first kappa shape index (κ1) is 17.7. The van der Waals surface area contributed by atoms with Crippen LogP contribution < -0.4 is 0 Å². The predicted molar refractivity (Wildman–Crippen MR) is 89.0 cm³/mol. The van der Waals surface area contributed by atoms with Crippen LogP contribution in [-0.4, -0.2) is 65.5 Å². The molecule has 2 saturated heterocycles. The normalized spacial score (nSPS) is 26.8. The third-order valence-electron chi connectivity index (χ3n) is 4.75. The van der Waals surface area contributed by atoms with Gasteiger partial charge in [0.1, 0.15) is 0 Å². The lowest BCUT2D eigenvalue weighted by Crippen LogP contribution is -2.50. The molecular formula is C17H19ClN2O5. The van der Waals surface area contributed by atoms with Crippen molar-refractivity contribution in [2.24, 2.45) is 5.92 Å². The highest BCUT2D eigenvalue weighted by Crippen LogP contribution is 2.39. The number of carbonyl (C=O) groups is 3. The largest absolute Gasteiger partial charge is 0.479 e. The molecule has 0 aliphatic carbocycles. The summed E-state index contributed by atoms with van der Waals surface area (Å²) in [4.78, 5) is 39.4. The number of ether oxygens (including phenoxy) is 1. The minimum absolute atomic E-state index is 0.00909. The van der Waals surface area contributed by atoms with Crippen LogP contribution in [0.25, 0.3) is 0 Å². The molecule has 7 nitrogen and oxygen atoms in total. The number of morpholine rings is 1. The first-order valence-electron chi connectivity index (χ1n) is 8.03. The molecule has 3 rings (SSSR count). The zero-order valence-electron chi connectivity index (χ0n) is 13.7. The average molecular weight is 367 g/mol. The molecule has 0 saturated carbocycles. The summed E-state index contributed by atoms with van der Waals surface area (Å²) >= 11 is 6.06. The Kier molecular flexibility index (Phi) is 4.96. The topological polar surface area (TPSA) is 87.2 Å². The van der Waals surface area contributed by atoms with Gasteiger partial charge in [0.05, 0.1) is 25.1 Å². The number of carboxylic acid groups (broad SMARTS) is 1. The molecule has 8 heteroatoms. The lowest BCUT2D eigenvalue weighted by Gasteiger charge is -2.34. The van der Waals surface area contributed by atoms with E-state index in [2.05, 4.69) is 0 Å². The molecule has 1 N–H and O–H groups in total. The predicted octanol–water partition coefficient (Wildman–Crippen LogP) is 1.17. The molecule has 2 aliphatic rings. The van der Waals surface area contributed by atoms with Crippen LogP contribution in [0.1, 0.15) is 18.0 Å². The fourth-order valence-corrected chi connectivity index (χ4v) is 3.67. The van der Waals surface area contributed by atoms with Crippen molar-refractivity contribution in [1.82, 2.24) is 9.80 Å². The minimum Gasteiger partial charge on any atom is -0.479 e. The molecular weight excluding hydrogens is 348 g/mol. The van der Waals surface area contributed by atoms with Gasteiger partial charge in [-0.05, 0) is 17.7 Å². The highest BCUT2D eigenvalue weighted by atomic mass is 35.5. The third-order valence-corrected chi connectivity index (χ3v) is 4.98. The monoisotopic (exact) mass is 366 g/mol. The average Bonchev–Trinajstić information content (AvgIpc) is 2.89. The molecule has 1 aromatic carbocycles. The van der Waals surface area contributed by atoms with Gasteiger partial charge in [-0.3, -0.25) is 9.59 Å². The van der Waals surface area contributed by atoms with E-state index in [1.165, 1.54) is 4.90 Å². The van der Waals surface area contributed by atoms with Crippen LogP contribution in [0.2, 0.25) is 5.02 Å². The second-order valence-corrected chi connectivity index (χ2v) is 6.73. The number of aliphatic carboxylic acids is 1. The number of hydrogen-bond donors (Lipinski definition) is 1. The molecule has 3 atom stereocenters. The number of benzene rings is 1. The van der Waals surface area contributed by atoms with Gasteiger partial charge in [0, 0.05) is 25.0 Å². The second kappa shape index (κ2) is 7.01. The highest BCUT2D eigenvalue weighted by Gasteiger charge is 2.45. The molecule has 1 aromatic rings. The number of carbonyl (C=O) groups excluding carboxylic acids is 2. The van der Waals surface area contributed by atoms with Crippen molar-refractivity contribution in [3.63, 3.8) is 0 Å². The molecule has 25 heavy (non-hydrogen) atoms. The van der Waals surface area contributed by atoms with Crippen LogP contribution in [0.4, 0.5) is 0 Å². The van der Waals surface area contributed by atoms with E-state index in [9.17, 15) is 14.4 Å². The Morgan fingerprint density at radius 2 is 2.12 bits per heavy atom. The number of carboxylic acids is 1. The summed E-state index contributed by atoms with van der Waals surface area (Å²) in [6.45, 7) is 0.477. The van der Waals surface area contributed by atoms with Gasteiger partial charge in [0.15, 0.2) is 6.10 Å². The van der Waals surface area contributed by atoms with Crippen molar-refractivity contribution in [1.29, 1.82) is 0 Å². The molecule has 0 bridgehead atoms.